The van der Waals surface area contributed by atoms with E-state index in [2.05, 4.69) is 10.3 Å². The maximum Gasteiger partial charge on any atom is 0.254 e. The second-order valence-electron chi connectivity index (χ2n) is 5.15. The van der Waals surface area contributed by atoms with Crippen LogP contribution < -0.4 is 5.32 Å². The van der Waals surface area contributed by atoms with Crippen molar-refractivity contribution in [3.8, 4) is 0 Å². The summed E-state index contributed by atoms with van der Waals surface area (Å²) in [5.41, 5.74) is 0.525. The third kappa shape index (κ3) is 5.10. The topological polar surface area (TPSA) is 79.4 Å². The van der Waals surface area contributed by atoms with Gasteiger partial charge in [0.05, 0.1) is 24.1 Å². The summed E-state index contributed by atoms with van der Waals surface area (Å²) in [7, 11) is -3.47. The van der Waals surface area contributed by atoms with Crippen molar-refractivity contribution in [2.45, 2.75) is 6.54 Å². The molecule has 128 valence electrons. The predicted molar refractivity (Wildman–Crippen MR) is 88.2 cm³/mol. The highest BCUT2D eigenvalue weighted by Crippen LogP contribution is 2.07. The average molecular weight is 351 g/mol. The number of halogens is 1. The van der Waals surface area contributed by atoms with Crippen LogP contribution in [0.25, 0.3) is 0 Å². The van der Waals surface area contributed by atoms with Gasteiger partial charge in [0.2, 0.25) is 10.0 Å². The number of carbonyl (C=O) groups excluding carboxylic acids is 1. The van der Waals surface area contributed by atoms with E-state index in [1.54, 1.807) is 30.5 Å². The maximum absolute atomic E-state index is 13.5. The molecule has 0 saturated carbocycles. The standard InChI is InChI=1S/C16H18FN3O3S/c1-24(22,23)20(12-13-6-4-5-9-18-13)11-10-19-16(21)14-7-2-3-8-15(14)17/h2-9H,10-12H2,1H3,(H,19,21). The van der Waals surface area contributed by atoms with Crippen molar-refractivity contribution >= 4 is 15.9 Å². The molecule has 0 aliphatic carbocycles. The Morgan fingerprint density at radius 1 is 1.21 bits per heavy atom. The summed E-state index contributed by atoms with van der Waals surface area (Å²) < 4.78 is 38.5. The van der Waals surface area contributed by atoms with E-state index in [1.165, 1.54) is 22.5 Å². The number of rotatable bonds is 7. The first-order chi connectivity index (χ1) is 11.4. The van der Waals surface area contributed by atoms with Crippen molar-refractivity contribution in [1.29, 1.82) is 0 Å². The molecule has 8 heteroatoms. The van der Waals surface area contributed by atoms with Gasteiger partial charge in [-0.15, -0.1) is 0 Å². The molecule has 0 radical (unpaired) electrons. The molecule has 0 aliphatic rings. The summed E-state index contributed by atoms with van der Waals surface area (Å²) in [6, 6.07) is 10.8. The van der Waals surface area contributed by atoms with Gasteiger partial charge in [0, 0.05) is 19.3 Å². The molecule has 0 spiro atoms. The van der Waals surface area contributed by atoms with Gasteiger partial charge in [-0.1, -0.05) is 18.2 Å². The molecule has 24 heavy (non-hydrogen) atoms. The number of pyridine rings is 1. The largest absolute Gasteiger partial charge is 0.351 e. The second-order valence-corrected chi connectivity index (χ2v) is 7.14. The van der Waals surface area contributed by atoms with Gasteiger partial charge >= 0.3 is 0 Å². The quantitative estimate of drug-likeness (QED) is 0.818. The van der Waals surface area contributed by atoms with Gasteiger partial charge in [0.1, 0.15) is 5.82 Å². The summed E-state index contributed by atoms with van der Waals surface area (Å²) in [6.45, 7) is 0.234. The highest BCUT2D eigenvalue weighted by molar-refractivity contribution is 7.88. The first-order valence-corrected chi connectivity index (χ1v) is 9.10. The molecule has 1 aromatic heterocycles. The Kier molecular flexibility index (Phi) is 5.99. The normalized spacial score (nSPS) is 11.5. The van der Waals surface area contributed by atoms with E-state index >= 15 is 0 Å². The third-order valence-corrected chi connectivity index (χ3v) is 4.55. The summed E-state index contributed by atoms with van der Waals surface area (Å²) in [4.78, 5) is 16.0. The molecule has 1 aromatic carbocycles. The Bertz CT molecular complexity index is 797. The lowest BCUT2D eigenvalue weighted by atomic mass is 10.2. The highest BCUT2D eigenvalue weighted by Gasteiger charge is 2.18. The molecule has 0 fully saturated rings. The van der Waals surface area contributed by atoms with E-state index in [0.29, 0.717) is 5.69 Å². The molecule has 2 aromatic rings. The number of hydrogen-bond donors (Lipinski definition) is 1. The molecule has 2 rings (SSSR count). The van der Waals surface area contributed by atoms with Crippen LogP contribution in [-0.4, -0.2) is 43.0 Å². The number of nitrogens with zero attached hydrogens (tertiary/aromatic N) is 2. The number of benzene rings is 1. The van der Waals surface area contributed by atoms with Crippen LogP contribution in [0.4, 0.5) is 4.39 Å². The fraction of sp³-hybridized carbons (Fsp3) is 0.250. The summed E-state index contributed by atoms with van der Waals surface area (Å²) in [5.74, 6) is -1.21. The van der Waals surface area contributed by atoms with Gasteiger partial charge in [-0.25, -0.2) is 12.8 Å². The number of aromatic nitrogens is 1. The number of carbonyl (C=O) groups is 1. The van der Waals surface area contributed by atoms with Crippen molar-refractivity contribution in [1.82, 2.24) is 14.6 Å². The van der Waals surface area contributed by atoms with Crippen LogP contribution in [0, 0.1) is 5.82 Å². The zero-order valence-electron chi connectivity index (χ0n) is 13.1. The van der Waals surface area contributed by atoms with Crippen molar-refractivity contribution in [3.05, 3.63) is 65.7 Å². The molecular formula is C16H18FN3O3S. The lowest BCUT2D eigenvalue weighted by molar-refractivity contribution is 0.0947. The van der Waals surface area contributed by atoms with Crippen LogP contribution in [0.1, 0.15) is 16.1 Å². The minimum atomic E-state index is -3.47. The number of hydrogen-bond acceptors (Lipinski definition) is 4. The smallest absolute Gasteiger partial charge is 0.254 e. The van der Waals surface area contributed by atoms with E-state index in [0.717, 1.165) is 6.26 Å². The van der Waals surface area contributed by atoms with Crippen molar-refractivity contribution in [2.24, 2.45) is 0 Å². The average Bonchev–Trinajstić information content (AvgIpc) is 2.54. The second kappa shape index (κ2) is 7.98. The van der Waals surface area contributed by atoms with Crippen LogP contribution in [0.15, 0.2) is 48.7 Å². The first kappa shape index (κ1) is 18.0. The monoisotopic (exact) mass is 351 g/mol. The Balaban J connectivity index is 1.96. The predicted octanol–water partition coefficient (Wildman–Crippen LogP) is 1.41. The molecule has 0 unspecified atom stereocenters. The van der Waals surface area contributed by atoms with Gasteiger partial charge in [-0.3, -0.25) is 9.78 Å². The van der Waals surface area contributed by atoms with E-state index in [9.17, 15) is 17.6 Å². The van der Waals surface area contributed by atoms with Crippen LogP contribution in [0.3, 0.4) is 0 Å². The minimum absolute atomic E-state index is 0.0626. The van der Waals surface area contributed by atoms with E-state index in [4.69, 9.17) is 0 Å². The van der Waals surface area contributed by atoms with Crippen LogP contribution in [-0.2, 0) is 16.6 Å². The molecule has 6 nitrogen and oxygen atoms in total. The van der Waals surface area contributed by atoms with Gasteiger partial charge < -0.3 is 5.32 Å². The highest BCUT2D eigenvalue weighted by atomic mass is 32.2. The van der Waals surface area contributed by atoms with Crippen LogP contribution >= 0.6 is 0 Å². The first-order valence-electron chi connectivity index (χ1n) is 7.25. The molecule has 0 bridgehead atoms. The third-order valence-electron chi connectivity index (χ3n) is 3.30. The minimum Gasteiger partial charge on any atom is -0.351 e. The van der Waals surface area contributed by atoms with Crippen LogP contribution in [0.2, 0.25) is 0 Å². The molecule has 0 atom stereocenters. The molecule has 0 aliphatic heterocycles. The van der Waals surface area contributed by atoms with E-state index in [1.807, 2.05) is 0 Å². The van der Waals surface area contributed by atoms with E-state index in [-0.39, 0.29) is 25.2 Å². The Labute approximate surface area is 140 Å². The molecule has 1 amide bonds. The molecule has 0 saturated heterocycles. The fourth-order valence-corrected chi connectivity index (χ4v) is 2.86. The lowest BCUT2D eigenvalue weighted by Gasteiger charge is -2.19. The number of sulfonamides is 1. The Morgan fingerprint density at radius 2 is 1.92 bits per heavy atom. The SMILES string of the molecule is CS(=O)(=O)N(CCNC(=O)c1ccccc1F)Cc1ccccn1. The van der Waals surface area contributed by atoms with Crippen molar-refractivity contribution in [2.75, 3.05) is 19.3 Å². The zero-order valence-corrected chi connectivity index (χ0v) is 14.0. The number of nitrogens with one attached hydrogen (secondary N) is 1. The Hall–Kier alpha value is -2.32. The maximum atomic E-state index is 13.5. The van der Waals surface area contributed by atoms with Gasteiger partial charge in [-0.05, 0) is 24.3 Å². The van der Waals surface area contributed by atoms with Gasteiger partial charge in [-0.2, -0.15) is 4.31 Å². The van der Waals surface area contributed by atoms with Crippen LogP contribution in [0.5, 0.6) is 0 Å². The Morgan fingerprint density at radius 3 is 2.54 bits per heavy atom. The molecule has 1 N–H and O–H groups in total. The number of amides is 1. The zero-order chi connectivity index (χ0) is 17.6. The van der Waals surface area contributed by atoms with Gasteiger partial charge in [0.15, 0.2) is 0 Å². The van der Waals surface area contributed by atoms with Crippen molar-refractivity contribution < 1.29 is 17.6 Å². The summed E-state index contributed by atoms with van der Waals surface area (Å²) >= 11 is 0. The van der Waals surface area contributed by atoms with E-state index < -0.39 is 21.7 Å². The molecular weight excluding hydrogens is 333 g/mol. The van der Waals surface area contributed by atoms with Crippen molar-refractivity contribution in [3.63, 3.8) is 0 Å². The molecule has 1 heterocycles. The lowest BCUT2D eigenvalue weighted by Crippen LogP contribution is -2.38. The summed E-state index contributed by atoms with van der Waals surface area (Å²) in [6.07, 6.45) is 2.67. The summed E-state index contributed by atoms with van der Waals surface area (Å²) in [5, 5.41) is 2.52. The van der Waals surface area contributed by atoms with Gasteiger partial charge in [0.25, 0.3) is 5.91 Å². The fourth-order valence-electron chi connectivity index (χ4n) is 2.07.